The van der Waals surface area contributed by atoms with E-state index in [1.54, 1.807) is 0 Å². The zero-order valence-electron chi connectivity index (χ0n) is 19.9. The third-order valence-corrected chi connectivity index (χ3v) is 7.25. The molecule has 1 saturated carbocycles. The topological polar surface area (TPSA) is 120 Å². The van der Waals surface area contributed by atoms with Gasteiger partial charge in [0.25, 0.3) is 0 Å². The van der Waals surface area contributed by atoms with Gasteiger partial charge in [0, 0.05) is 25.1 Å². The normalized spacial score (nSPS) is 24.2. The van der Waals surface area contributed by atoms with Crippen molar-refractivity contribution in [3.63, 3.8) is 0 Å². The van der Waals surface area contributed by atoms with Gasteiger partial charge in [-0.25, -0.2) is 23.1 Å². The second kappa shape index (κ2) is 10.7. The maximum Gasteiger partial charge on any atom is 0.225 e. The number of ether oxygens (including phenoxy) is 1. The Hall–Kier alpha value is -3.12. The predicted octanol–water partition coefficient (Wildman–Crippen LogP) is 4.65. The molecule has 37 heavy (non-hydrogen) atoms. The number of hydrogen-bond donors (Lipinski definition) is 3. The lowest BCUT2D eigenvalue weighted by Gasteiger charge is -2.30. The maximum absolute atomic E-state index is 14.6. The maximum atomic E-state index is 14.6. The highest BCUT2D eigenvalue weighted by molar-refractivity contribution is 6.33. The van der Waals surface area contributed by atoms with Crippen LogP contribution in [0.4, 0.5) is 30.8 Å². The molecular formula is C24H27ClF3N7O2. The van der Waals surface area contributed by atoms with Crippen molar-refractivity contribution in [2.75, 3.05) is 23.8 Å². The summed E-state index contributed by atoms with van der Waals surface area (Å²) in [6.45, 7) is 0.440. The zero-order valence-corrected chi connectivity index (χ0v) is 20.6. The molecule has 0 bridgehead atoms. The Morgan fingerprint density at radius 2 is 1.97 bits per heavy atom. The summed E-state index contributed by atoms with van der Waals surface area (Å²) >= 11 is 6.13. The van der Waals surface area contributed by atoms with Crippen LogP contribution in [0.25, 0.3) is 11.2 Å². The van der Waals surface area contributed by atoms with Gasteiger partial charge in [0.1, 0.15) is 17.5 Å². The average molecular weight is 538 g/mol. The van der Waals surface area contributed by atoms with E-state index < -0.39 is 23.8 Å². The van der Waals surface area contributed by atoms with Crippen molar-refractivity contribution in [2.24, 2.45) is 11.7 Å². The Balaban J connectivity index is 1.50. The van der Waals surface area contributed by atoms with Crippen LogP contribution in [0, 0.1) is 17.6 Å². The number of primary amides is 1. The molecule has 0 unspecified atom stereocenters. The number of carbonyl (C=O) groups is 1. The molecule has 13 heteroatoms. The van der Waals surface area contributed by atoms with Crippen LogP contribution in [0.2, 0.25) is 5.02 Å². The van der Waals surface area contributed by atoms with E-state index in [2.05, 4.69) is 25.6 Å². The lowest BCUT2D eigenvalue weighted by atomic mass is 9.84. The number of anilines is 3. The molecule has 198 valence electrons. The number of carbonyl (C=O) groups excluding carboxylic acids is 1. The first-order chi connectivity index (χ1) is 17.8. The molecule has 1 aliphatic carbocycles. The summed E-state index contributed by atoms with van der Waals surface area (Å²) in [4.78, 5) is 24.9. The Morgan fingerprint density at radius 1 is 1.19 bits per heavy atom. The highest BCUT2D eigenvalue weighted by atomic mass is 35.5. The number of imidazole rings is 1. The van der Waals surface area contributed by atoms with E-state index >= 15 is 0 Å². The summed E-state index contributed by atoms with van der Waals surface area (Å²) in [5, 5.41) is 5.83. The minimum Gasteiger partial charge on any atom is -0.378 e. The lowest BCUT2D eigenvalue weighted by molar-refractivity contribution is -0.119. The predicted molar refractivity (Wildman–Crippen MR) is 133 cm³/mol. The van der Waals surface area contributed by atoms with Crippen LogP contribution >= 0.6 is 11.6 Å². The van der Waals surface area contributed by atoms with Crippen LogP contribution in [0.3, 0.4) is 0 Å². The van der Waals surface area contributed by atoms with Crippen molar-refractivity contribution in [1.29, 1.82) is 0 Å². The van der Waals surface area contributed by atoms with Gasteiger partial charge in [-0.15, -0.1) is 0 Å². The lowest BCUT2D eigenvalue weighted by Crippen LogP contribution is -2.39. The molecule has 9 nitrogen and oxygen atoms in total. The second-order valence-electron chi connectivity index (χ2n) is 9.55. The van der Waals surface area contributed by atoms with Crippen molar-refractivity contribution in [3.05, 3.63) is 35.0 Å². The van der Waals surface area contributed by atoms with Gasteiger partial charge in [-0.2, -0.15) is 4.98 Å². The van der Waals surface area contributed by atoms with E-state index in [4.69, 9.17) is 22.1 Å². The average Bonchev–Trinajstić information content (AvgIpc) is 3.20. The number of alkyl halides is 1. The molecular weight excluding hydrogens is 511 g/mol. The van der Waals surface area contributed by atoms with Gasteiger partial charge in [0.05, 0.1) is 29.6 Å². The van der Waals surface area contributed by atoms with Gasteiger partial charge in [-0.1, -0.05) is 11.6 Å². The molecule has 1 amide bonds. The molecule has 1 aromatic carbocycles. The first-order valence-electron chi connectivity index (χ1n) is 12.2. The molecule has 1 aliphatic heterocycles. The molecule has 3 aromatic rings. The molecule has 0 spiro atoms. The molecule has 2 fully saturated rings. The molecule has 2 aromatic heterocycles. The van der Waals surface area contributed by atoms with Crippen molar-refractivity contribution in [2.45, 2.75) is 56.8 Å². The molecule has 5 rings (SSSR count). The van der Waals surface area contributed by atoms with Crippen molar-refractivity contribution < 1.29 is 22.7 Å². The largest absolute Gasteiger partial charge is 0.378 e. The number of rotatable bonds is 7. The quantitative estimate of drug-likeness (QED) is 0.401. The second-order valence-corrected chi connectivity index (χ2v) is 9.96. The number of aromatic nitrogens is 4. The van der Waals surface area contributed by atoms with E-state index in [0.29, 0.717) is 43.5 Å². The molecule has 2 atom stereocenters. The summed E-state index contributed by atoms with van der Waals surface area (Å²) < 4.78 is 49.5. The van der Waals surface area contributed by atoms with Crippen molar-refractivity contribution in [1.82, 2.24) is 19.5 Å². The Labute approximate surface area is 215 Å². The van der Waals surface area contributed by atoms with Gasteiger partial charge in [-0.05, 0) is 44.1 Å². The highest BCUT2D eigenvalue weighted by Gasteiger charge is 2.29. The van der Waals surface area contributed by atoms with Gasteiger partial charge < -0.3 is 21.1 Å². The molecule has 0 radical (unpaired) electrons. The number of amides is 1. The summed E-state index contributed by atoms with van der Waals surface area (Å²) in [5.41, 5.74) is 6.18. The first-order valence-corrected chi connectivity index (χ1v) is 12.6. The number of hydrogen-bond acceptors (Lipinski definition) is 7. The van der Waals surface area contributed by atoms with Gasteiger partial charge >= 0.3 is 0 Å². The van der Waals surface area contributed by atoms with Crippen LogP contribution in [-0.4, -0.2) is 50.9 Å². The zero-order chi connectivity index (χ0) is 26.1. The fourth-order valence-electron chi connectivity index (χ4n) is 5.09. The minimum atomic E-state index is -1.20. The van der Waals surface area contributed by atoms with Crippen molar-refractivity contribution >= 4 is 46.3 Å². The number of fused-ring (bicyclic) bond motifs is 1. The summed E-state index contributed by atoms with van der Waals surface area (Å²) in [6, 6.07) is 1.17. The Bertz CT molecular complexity index is 1280. The molecule has 2 aliphatic rings. The van der Waals surface area contributed by atoms with Crippen molar-refractivity contribution in [3.8, 4) is 0 Å². The number of nitrogens with two attached hydrogens (primary N) is 1. The number of halogens is 4. The van der Waals surface area contributed by atoms with Gasteiger partial charge in [0.2, 0.25) is 17.8 Å². The number of benzene rings is 1. The third kappa shape index (κ3) is 5.59. The molecule has 3 heterocycles. The van der Waals surface area contributed by atoms with E-state index in [1.807, 2.05) is 4.57 Å². The van der Waals surface area contributed by atoms with E-state index in [9.17, 15) is 18.0 Å². The molecule has 4 N–H and O–H groups in total. The third-order valence-electron chi connectivity index (χ3n) is 6.95. The van der Waals surface area contributed by atoms with Gasteiger partial charge in [0.15, 0.2) is 11.5 Å². The van der Waals surface area contributed by atoms with Crippen LogP contribution in [0.1, 0.15) is 44.6 Å². The van der Waals surface area contributed by atoms with Crippen LogP contribution in [0.5, 0.6) is 0 Å². The van der Waals surface area contributed by atoms with Crippen LogP contribution in [0.15, 0.2) is 18.3 Å². The van der Waals surface area contributed by atoms with E-state index in [0.717, 1.165) is 25.0 Å². The molecule has 1 saturated heterocycles. The van der Waals surface area contributed by atoms with Gasteiger partial charge in [-0.3, -0.25) is 9.36 Å². The smallest absolute Gasteiger partial charge is 0.225 e. The Kier molecular flexibility index (Phi) is 7.38. The van der Waals surface area contributed by atoms with E-state index in [1.165, 1.54) is 6.20 Å². The summed E-state index contributed by atoms with van der Waals surface area (Å²) in [7, 11) is 0. The van der Waals surface area contributed by atoms with Crippen LogP contribution < -0.4 is 16.4 Å². The Morgan fingerprint density at radius 3 is 2.68 bits per heavy atom. The van der Waals surface area contributed by atoms with E-state index in [-0.39, 0.29) is 47.1 Å². The summed E-state index contributed by atoms with van der Waals surface area (Å²) in [5.74, 6) is -1.30. The highest BCUT2D eigenvalue weighted by Crippen LogP contribution is 2.39. The number of nitrogens with one attached hydrogen (secondary N) is 2. The fraction of sp³-hybridized carbons (Fsp3) is 0.500. The monoisotopic (exact) mass is 537 g/mol. The standard InChI is InChI=1S/C24H27ClF3N7O2/c25-15-8-13(26)9-16(27)21(15)33-24-32-19-10-30-23(31-18-5-6-37-11-17(18)28)34-22(19)35(24)14-3-1-12(2-4-14)7-20(29)36/h8-10,12,14,17-18H,1-7,11H2,(H2,29,36)(H,32,33)(H,30,31,34)/t12-,14+,17-,18+/m1/s1. The number of nitrogens with zero attached hydrogens (tertiary/aromatic N) is 4. The summed E-state index contributed by atoms with van der Waals surface area (Å²) in [6.07, 6.45) is 4.06. The first kappa shape index (κ1) is 25.5. The fourth-order valence-corrected chi connectivity index (χ4v) is 5.33. The SMILES string of the molecule is NC(=O)C[C@H]1CC[C@@H](n2c(Nc3c(F)cc(F)cc3Cl)nc3cnc(N[C@H]4CCOC[C@H]4F)nc32)CC1. The van der Waals surface area contributed by atoms with Crippen LogP contribution in [-0.2, 0) is 9.53 Å². The minimum absolute atomic E-state index is 0.00441.